The number of hydrogen-bond acceptors (Lipinski definition) is 9. The van der Waals surface area contributed by atoms with Crippen LogP contribution in [0.5, 0.6) is 17.4 Å². The van der Waals surface area contributed by atoms with E-state index < -0.39 is 17.7 Å². The lowest BCUT2D eigenvalue weighted by Crippen LogP contribution is -2.36. The zero-order chi connectivity index (χ0) is 32.4. The molecular weight excluding hydrogens is 607 g/mol. The molecule has 0 atom stereocenters. The summed E-state index contributed by atoms with van der Waals surface area (Å²) in [4.78, 5) is 25.9. The maximum absolute atomic E-state index is 14.3. The van der Waals surface area contributed by atoms with E-state index in [1.165, 1.54) is 11.7 Å². The van der Waals surface area contributed by atoms with Crippen LogP contribution in [0, 0.1) is 0 Å². The lowest BCUT2D eigenvalue weighted by atomic mass is 9.95. The van der Waals surface area contributed by atoms with Crippen molar-refractivity contribution in [2.24, 2.45) is 7.05 Å². The van der Waals surface area contributed by atoms with Crippen LogP contribution in [0.15, 0.2) is 42.6 Å². The lowest BCUT2D eigenvalue weighted by Gasteiger charge is -2.28. The second-order valence-corrected chi connectivity index (χ2v) is 11.1. The highest BCUT2D eigenvalue weighted by Gasteiger charge is 2.35. The number of hydrogen-bond donors (Lipinski definition) is 1. The van der Waals surface area contributed by atoms with Crippen molar-refractivity contribution in [2.75, 3.05) is 59.7 Å². The van der Waals surface area contributed by atoms with Gasteiger partial charge in [0.15, 0.2) is 5.75 Å². The number of carboxylic acids is 1. The Morgan fingerprint density at radius 3 is 2.30 bits per heavy atom. The molecule has 0 radical (unpaired) electrons. The van der Waals surface area contributed by atoms with Gasteiger partial charge >= 0.3 is 12.1 Å². The summed E-state index contributed by atoms with van der Waals surface area (Å²) in [6.45, 7) is 5.46. The van der Waals surface area contributed by atoms with Crippen LogP contribution in [0.4, 0.5) is 13.2 Å². The monoisotopic (exact) mass is 641 g/mol. The molecule has 0 unspecified atom stereocenters. The average Bonchev–Trinajstić information content (AvgIpc) is 3.34. The maximum Gasteiger partial charge on any atom is 0.416 e. The van der Waals surface area contributed by atoms with Crippen molar-refractivity contribution in [3.8, 4) is 28.5 Å². The van der Waals surface area contributed by atoms with Gasteiger partial charge in [-0.25, -0.2) is 9.78 Å². The molecule has 4 heterocycles. The van der Waals surface area contributed by atoms with Crippen LogP contribution < -0.4 is 9.47 Å². The van der Waals surface area contributed by atoms with Crippen LogP contribution in [-0.2, 0) is 35.8 Å². The highest BCUT2D eigenvalue weighted by molar-refractivity contribution is 6.10. The molecular formula is C32H34F3N5O6. The SMILES string of the molecule is COc1c(CN2CCOCC2)cc(C(F)(F)F)cc1-c1c(C(=O)O)n(C)c2c(Oc3ccnc(CN4CCOCC4)n3)cccc12. The standard InChI is InChI=1S/C32H34F3N5O6/c1-38-28-22(4-3-5-24(28)46-26-6-7-36-25(37-26)19-40-10-14-45-15-11-40)27(29(38)31(41)42)23-17-21(32(33,34)35)16-20(30(23)43-2)18-39-8-12-44-13-9-39/h3-7,16-17H,8-15,18-19H2,1-2H3,(H,41,42). The Labute approximate surface area is 263 Å². The first-order valence-electron chi connectivity index (χ1n) is 14.9. The number of benzene rings is 2. The summed E-state index contributed by atoms with van der Waals surface area (Å²) in [7, 11) is 2.92. The maximum atomic E-state index is 14.3. The Hall–Kier alpha value is -4.24. The minimum absolute atomic E-state index is 0.0237. The van der Waals surface area contributed by atoms with E-state index in [0.29, 0.717) is 68.4 Å². The summed E-state index contributed by atoms with van der Waals surface area (Å²) in [5.74, 6) is -0.0704. The first-order chi connectivity index (χ1) is 22.1. The van der Waals surface area contributed by atoms with Crippen molar-refractivity contribution in [3.63, 3.8) is 0 Å². The molecule has 244 valence electrons. The number of carboxylic acid groups (broad SMARTS) is 1. The van der Waals surface area contributed by atoms with E-state index >= 15 is 0 Å². The zero-order valence-corrected chi connectivity index (χ0v) is 25.5. The second kappa shape index (κ2) is 13.2. The third kappa shape index (κ3) is 6.51. The molecule has 2 saturated heterocycles. The minimum Gasteiger partial charge on any atom is -0.496 e. The molecule has 0 saturated carbocycles. The Kier molecular flexibility index (Phi) is 9.13. The highest BCUT2D eigenvalue weighted by Crippen LogP contribution is 2.46. The summed E-state index contributed by atoms with van der Waals surface area (Å²) in [6, 6.07) is 8.61. The quantitative estimate of drug-likeness (QED) is 0.273. The van der Waals surface area contributed by atoms with Crippen LogP contribution in [0.2, 0.25) is 0 Å². The second-order valence-electron chi connectivity index (χ2n) is 11.1. The number of fused-ring (bicyclic) bond motifs is 1. The van der Waals surface area contributed by atoms with Gasteiger partial charge in [-0.15, -0.1) is 0 Å². The Bertz CT molecular complexity index is 1730. The van der Waals surface area contributed by atoms with Gasteiger partial charge in [0.2, 0.25) is 5.88 Å². The third-order valence-corrected chi connectivity index (χ3v) is 8.21. The molecule has 6 rings (SSSR count). The van der Waals surface area contributed by atoms with Gasteiger partial charge in [-0.2, -0.15) is 18.2 Å². The number of aryl methyl sites for hydroxylation is 1. The third-order valence-electron chi connectivity index (χ3n) is 8.21. The lowest BCUT2D eigenvalue weighted by molar-refractivity contribution is -0.137. The molecule has 0 aliphatic carbocycles. The number of aromatic nitrogens is 3. The number of para-hydroxylation sites is 1. The van der Waals surface area contributed by atoms with Gasteiger partial charge in [-0.05, 0) is 18.2 Å². The molecule has 46 heavy (non-hydrogen) atoms. The van der Waals surface area contributed by atoms with E-state index in [0.717, 1.165) is 25.2 Å². The molecule has 0 bridgehead atoms. The van der Waals surface area contributed by atoms with Crippen molar-refractivity contribution >= 4 is 16.9 Å². The van der Waals surface area contributed by atoms with Gasteiger partial charge in [0.1, 0.15) is 17.3 Å². The molecule has 11 nitrogen and oxygen atoms in total. The molecule has 0 spiro atoms. The topological polar surface area (TPSA) is 111 Å². The first kappa shape index (κ1) is 31.7. The van der Waals surface area contributed by atoms with E-state index in [-0.39, 0.29) is 40.7 Å². The number of carbonyl (C=O) groups is 1. The highest BCUT2D eigenvalue weighted by atomic mass is 19.4. The molecule has 14 heteroatoms. The van der Waals surface area contributed by atoms with Gasteiger partial charge in [-0.1, -0.05) is 12.1 Å². The number of nitrogens with zero attached hydrogens (tertiary/aromatic N) is 5. The van der Waals surface area contributed by atoms with E-state index in [2.05, 4.69) is 14.9 Å². The van der Waals surface area contributed by atoms with Crippen molar-refractivity contribution in [3.05, 3.63) is 65.2 Å². The predicted molar refractivity (Wildman–Crippen MR) is 161 cm³/mol. The van der Waals surface area contributed by atoms with Crippen molar-refractivity contribution in [2.45, 2.75) is 19.3 Å². The Morgan fingerprint density at radius 2 is 1.67 bits per heavy atom. The number of halogens is 3. The number of rotatable bonds is 9. The summed E-state index contributed by atoms with van der Waals surface area (Å²) in [5, 5.41) is 10.8. The normalized spacial score (nSPS) is 16.5. The van der Waals surface area contributed by atoms with Gasteiger partial charge in [0.25, 0.3) is 0 Å². The smallest absolute Gasteiger partial charge is 0.416 e. The van der Waals surface area contributed by atoms with Crippen molar-refractivity contribution in [1.29, 1.82) is 0 Å². The number of morpholine rings is 2. The van der Waals surface area contributed by atoms with Gasteiger partial charge < -0.3 is 28.6 Å². The van der Waals surface area contributed by atoms with Crippen LogP contribution in [0.3, 0.4) is 0 Å². The number of alkyl halides is 3. The molecule has 2 fully saturated rings. The van der Waals surface area contributed by atoms with Gasteiger partial charge in [0, 0.05) is 74.1 Å². The van der Waals surface area contributed by atoms with Crippen molar-refractivity contribution in [1.82, 2.24) is 24.3 Å². The minimum atomic E-state index is -4.69. The van der Waals surface area contributed by atoms with Gasteiger partial charge in [-0.3, -0.25) is 9.80 Å². The van der Waals surface area contributed by atoms with E-state index in [9.17, 15) is 23.1 Å². The molecule has 2 aliphatic heterocycles. The zero-order valence-electron chi connectivity index (χ0n) is 25.5. The Morgan fingerprint density at radius 1 is 1.00 bits per heavy atom. The molecule has 2 aromatic carbocycles. The van der Waals surface area contributed by atoms with Crippen LogP contribution in [0.1, 0.15) is 27.4 Å². The van der Waals surface area contributed by atoms with Crippen molar-refractivity contribution < 1.29 is 42.0 Å². The van der Waals surface area contributed by atoms with Crippen LogP contribution in [0.25, 0.3) is 22.0 Å². The molecule has 4 aromatic rings. The average molecular weight is 642 g/mol. The van der Waals surface area contributed by atoms with E-state index in [1.807, 2.05) is 4.90 Å². The number of ether oxygens (including phenoxy) is 4. The predicted octanol–water partition coefficient (Wildman–Crippen LogP) is 4.82. The fraction of sp³-hybridized carbons (Fsp3) is 0.406. The first-order valence-corrected chi connectivity index (χ1v) is 14.9. The molecule has 2 aromatic heterocycles. The fourth-order valence-corrected chi connectivity index (χ4v) is 6.06. The van der Waals surface area contributed by atoms with Crippen LogP contribution in [-0.4, -0.2) is 95.1 Å². The summed E-state index contributed by atoms with van der Waals surface area (Å²) >= 11 is 0. The fourth-order valence-electron chi connectivity index (χ4n) is 6.06. The molecule has 1 N–H and O–H groups in total. The van der Waals surface area contributed by atoms with E-state index in [1.54, 1.807) is 37.5 Å². The summed E-state index contributed by atoms with van der Waals surface area (Å²) in [5.41, 5.74) is -0.327. The number of aromatic carboxylic acids is 1. The molecule has 2 aliphatic rings. The number of methoxy groups -OCH3 is 1. The van der Waals surface area contributed by atoms with E-state index in [4.69, 9.17) is 18.9 Å². The summed E-state index contributed by atoms with van der Waals surface area (Å²) < 4.78 is 67.1. The largest absolute Gasteiger partial charge is 0.496 e. The molecule has 0 amide bonds. The van der Waals surface area contributed by atoms with Crippen LogP contribution >= 0.6 is 0 Å². The Balaban J connectivity index is 1.47. The van der Waals surface area contributed by atoms with Gasteiger partial charge in [0.05, 0.1) is 51.2 Å². The summed E-state index contributed by atoms with van der Waals surface area (Å²) in [6.07, 6.45) is -3.10.